The van der Waals surface area contributed by atoms with Gasteiger partial charge in [0.15, 0.2) is 0 Å². The highest BCUT2D eigenvalue weighted by Crippen LogP contribution is 2.24. The van der Waals surface area contributed by atoms with Crippen LogP contribution >= 0.6 is 0 Å². The van der Waals surface area contributed by atoms with Gasteiger partial charge in [-0.15, -0.1) is 0 Å². The first-order valence-electron chi connectivity index (χ1n) is 6.79. The number of hydrogen-bond donors (Lipinski definition) is 1. The fourth-order valence-electron chi connectivity index (χ4n) is 2.53. The minimum absolute atomic E-state index is 0.161. The molecule has 1 fully saturated rings. The van der Waals surface area contributed by atoms with Gasteiger partial charge in [-0.3, -0.25) is 9.69 Å². The second kappa shape index (κ2) is 6.01. The smallest absolute Gasteiger partial charge is 0.219 e. The summed E-state index contributed by atoms with van der Waals surface area (Å²) in [6.45, 7) is 6.15. The van der Waals surface area contributed by atoms with Crippen molar-refractivity contribution in [1.82, 2.24) is 10.2 Å². The quantitative estimate of drug-likeness (QED) is 0.884. The summed E-state index contributed by atoms with van der Waals surface area (Å²) < 4.78 is 0. The van der Waals surface area contributed by atoms with Crippen LogP contribution < -0.4 is 5.32 Å². The first-order valence-corrected chi connectivity index (χ1v) is 6.79. The topological polar surface area (TPSA) is 32.3 Å². The minimum atomic E-state index is 0.161. The van der Waals surface area contributed by atoms with Gasteiger partial charge in [-0.25, -0.2) is 0 Å². The molecule has 0 aliphatic carbocycles. The lowest BCUT2D eigenvalue weighted by Crippen LogP contribution is -2.37. The average Bonchev–Trinajstić information content (AvgIpc) is 2.87. The van der Waals surface area contributed by atoms with Gasteiger partial charge in [0.1, 0.15) is 0 Å². The van der Waals surface area contributed by atoms with Gasteiger partial charge in [-0.1, -0.05) is 37.3 Å². The second-order valence-electron chi connectivity index (χ2n) is 4.99. The molecular weight excluding hydrogens is 224 g/mol. The van der Waals surface area contributed by atoms with Crippen molar-refractivity contribution in [3.05, 3.63) is 35.9 Å². The van der Waals surface area contributed by atoms with Crippen molar-refractivity contribution in [3.8, 4) is 0 Å². The fraction of sp³-hybridized carbons (Fsp3) is 0.533. The SMILES string of the molecule is CCC(=O)N[C@@H]1CCN([C@H](C)c2ccccc2)C1. The number of amides is 1. The monoisotopic (exact) mass is 246 g/mol. The molecule has 2 atom stereocenters. The van der Waals surface area contributed by atoms with Crippen LogP contribution in [0.3, 0.4) is 0 Å². The van der Waals surface area contributed by atoms with Crippen molar-refractivity contribution in [2.75, 3.05) is 13.1 Å². The van der Waals surface area contributed by atoms with Crippen molar-refractivity contribution >= 4 is 5.91 Å². The molecular formula is C15H22N2O. The van der Waals surface area contributed by atoms with Gasteiger partial charge in [-0.05, 0) is 18.9 Å². The Morgan fingerprint density at radius 3 is 2.83 bits per heavy atom. The number of likely N-dealkylation sites (tertiary alicyclic amines) is 1. The highest BCUT2D eigenvalue weighted by molar-refractivity contribution is 5.75. The van der Waals surface area contributed by atoms with Crippen LogP contribution in [0.15, 0.2) is 30.3 Å². The maximum atomic E-state index is 11.4. The summed E-state index contributed by atoms with van der Waals surface area (Å²) >= 11 is 0. The average molecular weight is 246 g/mol. The lowest BCUT2D eigenvalue weighted by atomic mass is 10.1. The number of rotatable bonds is 4. The molecule has 0 aromatic heterocycles. The van der Waals surface area contributed by atoms with Crippen LogP contribution in [0, 0.1) is 0 Å². The van der Waals surface area contributed by atoms with Crippen LogP contribution in [0.5, 0.6) is 0 Å². The molecule has 1 aliphatic rings. The molecule has 3 nitrogen and oxygen atoms in total. The van der Waals surface area contributed by atoms with Gasteiger partial charge < -0.3 is 5.32 Å². The van der Waals surface area contributed by atoms with Gasteiger partial charge in [0.05, 0.1) is 0 Å². The molecule has 1 N–H and O–H groups in total. The normalized spacial score (nSPS) is 21.8. The predicted octanol–water partition coefficient (Wildman–Crippen LogP) is 2.35. The van der Waals surface area contributed by atoms with Crippen LogP contribution in [0.2, 0.25) is 0 Å². The number of nitrogens with one attached hydrogen (secondary N) is 1. The summed E-state index contributed by atoms with van der Waals surface area (Å²) in [7, 11) is 0. The third kappa shape index (κ3) is 3.10. The van der Waals surface area contributed by atoms with Crippen molar-refractivity contribution in [2.45, 2.75) is 38.8 Å². The largest absolute Gasteiger partial charge is 0.352 e. The third-order valence-electron chi connectivity index (χ3n) is 3.74. The van der Waals surface area contributed by atoms with E-state index in [1.807, 2.05) is 13.0 Å². The third-order valence-corrected chi connectivity index (χ3v) is 3.74. The van der Waals surface area contributed by atoms with Crippen LogP contribution in [-0.4, -0.2) is 29.9 Å². The molecule has 0 radical (unpaired) electrons. The molecule has 0 bridgehead atoms. The van der Waals surface area contributed by atoms with Crippen molar-refractivity contribution < 1.29 is 4.79 Å². The molecule has 1 saturated heterocycles. The number of benzene rings is 1. The first-order chi connectivity index (χ1) is 8.70. The Bertz CT molecular complexity index is 391. The van der Waals surface area contributed by atoms with E-state index in [2.05, 4.69) is 41.4 Å². The molecule has 1 heterocycles. The summed E-state index contributed by atoms with van der Waals surface area (Å²) in [5, 5.41) is 3.08. The van der Waals surface area contributed by atoms with E-state index in [1.165, 1.54) is 5.56 Å². The van der Waals surface area contributed by atoms with E-state index in [1.54, 1.807) is 0 Å². The zero-order valence-electron chi connectivity index (χ0n) is 11.2. The standard InChI is InChI=1S/C15H22N2O/c1-3-15(18)16-14-9-10-17(11-14)12(2)13-7-5-4-6-8-13/h4-8,12,14H,3,9-11H2,1-2H3,(H,16,18)/t12-,14-/m1/s1. The summed E-state index contributed by atoms with van der Waals surface area (Å²) in [6.07, 6.45) is 1.63. The number of hydrogen-bond acceptors (Lipinski definition) is 2. The number of nitrogens with zero attached hydrogens (tertiary/aromatic N) is 1. The van der Waals surface area contributed by atoms with E-state index in [4.69, 9.17) is 0 Å². The lowest BCUT2D eigenvalue weighted by Gasteiger charge is -2.24. The molecule has 3 heteroatoms. The Kier molecular flexibility index (Phi) is 4.37. The van der Waals surface area contributed by atoms with Crippen LogP contribution in [0.1, 0.15) is 38.3 Å². The highest BCUT2D eigenvalue weighted by atomic mass is 16.1. The maximum absolute atomic E-state index is 11.4. The summed E-state index contributed by atoms with van der Waals surface area (Å²) in [5.74, 6) is 0.161. The second-order valence-corrected chi connectivity index (χ2v) is 4.99. The molecule has 98 valence electrons. The molecule has 1 aromatic carbocycles. The number of carbonyl (C=O) groups is 1. The fourth-order valence-corrected chi connectivity index (χ4v) is 2.53. The first kappa shape index (κ1) is 13.1. The Labute approximate surface area is 109 Å². The summed E-state index contributed by atoms with van der Waals surface area (Å²) in [4.78, 5) is 13.8. The van der Waals surface area contributed by atoms with Gasteiger partial charge >= 0.3 is 0 Å². The van der Waals surface area contributed by atoms with E-state index < -0.39 is 0 Å². The molecule has 1 aromatic rings. The zero-order valence-corrected chi connectivity index (χ0v) is 11.2. The van der Waals surface area contributed by atoms with Gasteiger partial charge in [-0.2, -0.15) is 0 Å². The number of carbonyl (C=O) groups excluding carboxylic acids is 1. The van der Waals surface area contributed by atoms with Crippen molar-refractivity contribution in [3.63, 3.8) is 0 Å². The Balaban J connectivity index is 1.91. The Morgan fingerprint density at radius 2 is 2.17 bits per heavy atom. The molecule has 1 amide bonds. The summed E-state index contributed by atoms with van der Waals surface area (Å²) in [5.41, 5.74) is 1.35. The molecule has 2 rings (SSSR count). The molecule has 0 unspecified atom stereocenters. The van der Waals surface area contributed by atoms with Gasteiger partial charge in [0.25, 0.3) is 0 Å². The van der Waals surface area contributed by atoms with E-state index in [0.29, 0.717) is 18.5 Å². The van der Waals surface area contributed by atoms with Crippen molar-refractivity contribution in [2.24, 2.45) is 0 Å². The van der Waals surface area contributed by atoms with E-state index >= 15 is 0 Å². The molecule has 0 spiro atoms. The van der Waals surface area contributed by atoms with Gasteiger partial charge in [0, 0.05) is 31.6 Å². The molecule has 1 aliphatic heterocycles. The molecule has 18 heavy (non-hydrogen) atoms. The maximum Gasteiger partial charge on any atom is 0.219 e. The molecule has 0 saturated carbocycles. The summed E-state index contributed by atoms with van der Waals surface area (Å²) in [6, 6.07) is 11.3. The van der Waals surface area contributed by atoms with Crippen LogP contribution in [-0.2, 0) is 4.79 Å². The van der Waals surface area contributed by atoms with E-state index in [-0.39, 0.29) is 5.91 Å². The Morgan fingerprint density at radius 1 is 1.44 bits per heavy atom. The van der Waals surface area contributed by atoms with Gasteiger partial charge in [0.2, 0.25) is 5.91 Å². The van der Waals surface area contributed by atoms with E-state index in [0.717, 1.165) is 19.5 Å². The lowest BCUT2D eigenvalue weighted by molar-refractivity contribution is -0.121. The highest BCUT2D eigenvalue weighted by Gasteiger charge is 2.27. The van der Waals surface area contributed by atoms with Crippen LogP contribution in [0.4, 0.5) is 0 Å². The zero-order chi connectivity index (χ0) is 13.0. The Hall–Kier alpha value is -1.35. The minimum Gasteiger partial charge on any atom is -0.352 e. The van der Waals surface area contributed by atoms with Crippen LogP contribution in [0.25, 0.3) is 0 Å². The van der Waals surface area contributed by atoms with Crippen molar-refractivity contribution in [1.29, 1.82) is 0 Å². The predicted molar refractivity (Wildman–Crippen MR) is 73.3 cm³/mol. The van der Waals surface area contributed by atoms with E-state index in [9.17, 15) is 4.79 Å².